The molecule has 7 nitrogen and oxygen atoms in total. The molecule has 1 aliphatic carbocycles. The number of primary amides is 1. The summed E-state index contributed by atoms with van der Waals surface area (Å²) in [5, 5.41) is 4.27. The number of amides is 2. The van der Waals surface area contributed by atoms with Crippen LogP contribution in [0.25, 0.3) is 22.2 Å². The van der Waals surface area contributed by atoms with E-state index in [9.17, 15) is 9.59 Å². The molecule has 7 heteroatoms. The van der Waals surface area contributed by atoms with E-state index in [-0.39, 0.29) is 17.9 Å². The number of aromatic nitrogens is 2. The first-order chi connectivity index (χ1) is 17.4. The molecule has 0 bridgehead atoms. The second-order valence-corrected chi connectivity index (χ2v) is 10.6. The number of pyridine rings is 1. The van der Waals surface area contributed by atoms with Gasteiger partial charge < -0.3 is 20.9 Å². The molecule has 2 aliphatic rings. The van der Waals surface area contributed by atoms with Gasteiger partial charge in [0.15, 0.2) is 0 Å². The number of nitrogens with zero attached hydrogens (tertiary/aromatic N) is 2. The zero-order valence-electron chi connectivity index (χ0n) is 21.3. The Morgan fingerprint density at radius 3 is 2.67 bits per heavy atom. The Hall–Kier alpha value is -3.19. The van der Waals surface area contributed by atoms with E-state index in [2.05, 4.69) is 33.5 Å². The number of rotatable bonds is 7. The van der Waals surface area contributed by atoms with Crippen molar-refractivity contribution < 1.29 is 9.59 Å². The largest absolute Gasteiger partial charge is 0.368 e. The van der Waals surface area contributed by atoms with E-state index in [1.165, 1.54) is 6.42 Å². The normalized spacial score (nSPS) is 21.4. The zero-order valence-corrected chi connectivity index (χ0v) is 21.3. The standard InChI is InChI=1S/C29H37N5O2/c1-29(31-2,28(30)36)26(19-9-4-3-5-10-19)27(35)34-16-8-13-25(34)20-14-15-32-24(17-20)22-18-33-23-12-7-6-11-21(22)23/h6-7,11-12,14-15,17-19,25-26,31,33H,3-5,8-10,13,16H2,1-2H3,(H2,30,36)/t25-,26+,29?/m0/s1. The van der Waals surface area contributed by atoms with Gasteiger partial charge in [-0.3, -0.25) is 14.6 Å². The summed E-state index contributed by atoms with van der Waals surface area (Å²) in [6.45, 7) is 2.50. The van der Waals surface area contributed by atoms with Crippen molar-refractivity contribution in [1.82, 2.24) is 20.2 Å². The maximum Gasteiger partial charge on any atom is 0.238 e. The van der Waals surface area contributed by atoms with E-state index in [0.717, 1.165) is 66.2 Å². The number of hydrogen-bond donors (Lipinski definition) is 3. The van der Waals surface area contributed by atoms with Gasteiger partial charge in [0.25, 0.3) is 0 Å². The number of fused-ring (bicyclic) bond motifs is 1. The first-order valence-electron chi connectivity index (χ1n) is 13.3. The van der Waals surface area contributed by atoms with Gasteiger partial charge in [-0.05, 0) is 69.3 Å². The zero-order chi connectivity index (χ0) is 25.3. The van der Waals surface area contributed by atoms with E-state index in [0.29, 0.717) is 6.54 Å². The van der Waals surface area contributed by atoms with Gasteiger partial charge in [0.2, 0.25) is 11.8 Å². The topological polar surface area (TPSA) is 104 Å². The summed E-state index contributed by atoms with van der Waals surface area (Å²) in [6.07, 6.45) is 11.0. The number of nitrogens with two attached hydrogens (primary N) is 1. The maximum atomic E-state index is 14.3. The van der Waals surface area contributed by atoms with Crippen molar-refractivity contribution in [3.05, 3.63) is 54.4 Å². The van der Waals surface area contributed by atoms with Crippen LogP contribution in [0.5, 0.6) is 0 Å². The Kier molecular flexibility index (Phi) is 6.84. The van der Waals surface area contributed by atoms with Crippen LogP contribution in [0.3, 0.4) is 0 Å². The first kappa shape index (κ1) is 24.5. The summed E-state index contributed by atoms with van der Waals surface area (Å²) >= 11 is 0. The van der Waals surface area contributed by atoms with Crippen LogP contribution in [0.1, 0.15) is 63.5 Å². The lowest BCUT2D eigenvalue weighted by atomic mass is 9.69. The fourth-order valence-electron chi connectivity index (χ4n) is 6.46. The minimum absolute atomic E-state index is 0.0375. The molecule has 1 aliphatic heterocycles. The molecule has 2 amide bonds. The number of likely N-dealkylation sites (tertiary alicyclic amines) is 1. The highest BCUT2D eigenvalue weighted by molar-refractivity contribution is 5.95. The van der Waals surface area contributed by atoms with Crippen molar-refractivity contribution >= 4 is 22.7 Å². The Balaban J connectivity index is 1.48. The highest BCUT2D eigenvalue weighted by atomic mass is 16.2. The maximum absolute atomic E-state index is 14.3. The molecule has 1 saturated carbocycles. The quantitative estimate of drug-likeness (QED) is 0.455. The molecule has 1 aromatic carbocycles. The number of carbonyl (C=O) groups excluding carboxylic acids is 2. The van der Waals surface area contributed by atoms with Gasteiger partial charge >= 0.3 is 0 Å². The number of nitrogens with one attached hydrogen (secondary N) is 2. The molecule has 3 aromatic rings. The molecule has 36 heavy (non-hydrogen) atoms. The molecule has 3 heterocycles. The molecular weight excluding hydrogens is 450 g/mol. The van der Waals surface area contributed by atoms with Gasteiger partial charge in [-0.15, -0.1) is 0 Å². The van der Waals surface area contributed by atoms with E-state index in [4.69, 9.17) is 5.73 Å². The van der Waals surface area contributed by atoms with Crippen molar-refractivity contribution in [1.29, 1.82) is 0 Å². The predicted octanol–water partition coefficient (Wildman–Crippen LogP) is 4.55. The van der Waals surface area contributed by atoms with Crippen LogP contribution < -0.4 is 11.1 Å². The van der Waals surface area contributed by atoms with Gasteiger partial charge in [-0.1, -0.05) is 37.5 Å². The molecule has 2 fully saturated rings. The minimum atomic E-state index is -1.08. The Morgan fingerprint density at radius 1 is 1.14 bits per heavy atom. The summed E-state index contributed by atoms with van der Waals surface area (Å²) < 4.78 is 0. The van der Waals surface area contributed by atoms with Gasteiger partial charge in [-0.25, -0.2) is 0 Å². The first-order valence-corrected chi connectivity index (χ1v) is 13.3. The fourth-order valence-corrected chi connectivity index (χ4v) is 6.46. The van der Waals surface area contributed by atoms with Crippen LogP contribution in [0.4, 0.5) is 0 Å². The highest BCUT2D eigenvalue weighted by Gasteiger charge is 2.50. The monoisotopic (exact) mass is 487 g/mol. The number of hydrogen-bond acceptors (Lipinski definition) is 4. The molecule has 5 rings (SSSR count). The van der Waals surface area contributed by atoms with E-state index in [1.807, 2.05) is 35.5 Å². The van der Waals surface area contributed by atoms with Gasteiger partial charge in [-0.2, -0.15) is 0 Å². The lowest BCUT2D eigenvalue weighted by molar-refractivity contribution is -0.147. The summed E-state index contributed by atoms with van der Waals surface area (Å²) in [4.78, 5) is 37.0. The van der Waals surface area contributed by atoms with E-state index >= 15 is 0 Å². The average Bonchev–Trinajstić information content (AvgIpc) is 3.57. The Bertz CT molecular complexity index is 1250. The fraction of sp³-hybridized carbons (Fsp3) is 0.483. The van der Waals surface area contributed by atoms with E-state index in [1.54, 1.807) is 14.0 Å². The van der Waals surface area contributed by atoms with Crippen molar-refractivity contribution in [3.63, 3.8) is 0 Å². The Labute approximate surface area is 212 Å². The van der Waals surface area contributed by atoms with Crippen LogP contribution in [-0.4, -0.2) is 45.8 Å². The number of para-hydroxylation sites is 1. The molecule has 1 unspecified atom stereocenters. The Morgan fingerprint density at radius 2 is 1.92 bits per heavy atom. The van der Waals surface area contributed by atoms with Crippen molar-refractivity contribution in [2.75, 3.05) is 13.6 Å². The number of aromatic amines is 1. The highest BCUT2D eigenvalue weighted by Crippen LogP contribution is 2.41. The molecule has 0 radical (unpaired) electrons. The molecule has 190 valence electrons. The third-order valence-electron chi connectivity index (χ3n) is 8.61. The van der Waals surface area contributed by atoms with Crippen LogP contribution in [0.2, 0.25) is 0 Å². The molecule has 4 N–H and O–H groups in total. The van der Waals surface area contributed by atoms with Crippen LogP contribution in [0, 0.1) is 11.8 Å². The second kappa shape index (κ2) is 10.1. The SMILES string of the molecule is CNC(C)(C(N)=O)[C@@H](C(=O)N1CCC[C@H]1c1ccnc(-c2c[nH]c3ccccc23)c1)C1CCCCC1. The lowest BCUT2D eigenvalue weighted by Gasteiger charge is -2.43. The lowest BCUT2D eigenvalue weighted by Crippen LogP contribution is -2.63. The number of likely N-dealkylation sites (N-methyl/N-ethyl adjacent to an activating group) is 1. The summed E-state index contributed by atoms with van der Waals surface area (Å²) in [5.41, 5.74) is 8.93. The third kappa shape index (κ3) is 4.30. The second-order valence-electron chi connectivity index (χ2n) is 10.6. The average molecular weight is 488 g/mol. The summed E-state index contributed by atoms with van der Waals surface area (Å²) in [7, 11) is 1.74. The van der Waals surface area contributed by atoms with Crippen molar-refractivity contribution in [3.8, 4) is 11.3 Å². The molecule has 2 aromatic heterocycles. The van der Waals surface area contributed by atoms with Crippen molar-refractivity contribution in [2.45, 2.75) is 63.5 Å². The number of carbonyl (C=O) groups is 2. The number of H-pyrrole nitrogens is 1. The molecular formula is C29H37N5O2. The smallest absolute Gasteiger partial charge is 0.238 e. The third-order valence-corrected chi connectivity index (χ3v) is 8.61. The summed E-state index contributed by atoms with van der Waals surface area (Å²) in [6, 6.07) is 12.3. The molecule has 3 atom stereocenters. The van der Waals surface area contributed by atoms with E-state index < -0.39 is 17.4 Å². The van der Waals surface area contributed by atoms with Crippen LogP contribution in [0.15, 0.2) is 48.8 Å². The predicted molar refractivity (Wildman–Crippen MR) is 142 cm³/mol. The van der Waals surface area contributed by atoms with Crippen LogP contribution in [-0.2, 0) is 9.59 Å². The minimum Gasteiger partial charge on any atom is -0.368 e. The number of benzene rings is 1. The van der Waals surface area contributed by atoms with Crippen molar-refractivity contribution in [2.24, 2.45) is 17.6 Å². The van der Waals surface area contributed by atoms with Gasteiger partial charge in [0, 0.05) is 35.4 Å². The van der Waals surface area contributed by atoms with Crippen LogP contribution >= 0.6 is 0 Å². The van der Waals surface area contributed by atoms with Gasteiger partial charge in [0.1, 0.15) is 5.54 Å². The van der Waals surface area contributed by atoms with Gasteiger partial charge in [0.05, 0.1) is 17.7 Å². The molecule has 0 spiro atoms. The molecule has 1 saturated heterocycles. The summed E-state index contributed by atoms with van der Waals surface area (Å²) in [5.74, 6) is -0.742.